The number of likely N-dealkylation sites (N-methyl/N-ethyl adjacent to an activating group) is 1. The van der Waals surface area contributed by atoms with Crippen LogP contribution in [0.3, 0.4) is 0 Å². The first-order chi connectivity index (χ1) is 17.4. The fraction of sp³-hybridized carbons (Fsp3) is 0.296. The van der Waals surface area contributed by atoms with Crippen LogP contribution in [0.2, 0.25) is 0 Å². The normalized spacial score (nSPS) is 29.2. The Bertz CT molecular complexity index is 1450. The first-order valence-corrected chi connectivity index (χ1v) is 11.6. The Labute approximate surface area is 210 Å². The Balaban J connectivity index is 1.83. The number of hydrogen-bond donors (Lipinski definition) is 5. The summed E-state index contributed by atoms with van der Waals surface area (Å²) < 4.78 is 15.2. The van der Waals surface area contributed by atoms with Gasteiger partial charge >= 0.3 is 0 Å². The van der Waals surface area contributed by atoms with Crippen LogP contribution in [0, 0.1) is 17.7 Å². The molecule has 10 heteroatoms. The number of aliphatic hydroxyl groups is 3. The number of rotatable bonds is 3. The standard InChI is InChI=1S/C27H25FN2O7/c1-30(2)21-14-10-13-17(11-6-3-4-8-15(11)28)12-7-5-9-16(31)18(12)22(32)19(13)24(34)27(14,37)25(35)20(23(21)33)26(29)36/h3-9,13-14,17,21,31-32,35,37H,10H2,1-2H3,(H2,29,36)/t13-,14+,17+,21+,27+/m1/s1. The van der Waals surface area contributed by atoms with Gasteiger partial charge in [0.2, 0.25) is 5.78 Å². The lowest BCUT2D eigenvalue weighted by atomic mass is 9.54. The predicted octanol–water partition coefficient (Wildman–Crippen LogP) is 1.69. The number of nitrogens with two attached hydrogens (primary N) is 1. The van der Waals surface area contributed by atoms with Gasteiger partial charge < -0.3 is 26.2 Å². The molecule has 37 heavy (non-hydrogen) atoms. The van der Waals surface area contributed by atoms with E-state index >= 15 is 4.39 Å². The number of carbonyl (C=O) groups is 3. The van der Waals surface area contributed by atoms with E-state index < -0.39 is 69.8 Å². The molecule has 0 radical (unpaired) electrons. The van der Waals surface area contributed by atoms with E-state index in [1.165, 1.54) is 49.3 Å². The second-order valence-electron chi connectivity index (χ2n) is 9.91. The van der Waals surface area contributed by atoms with Gasteiger partial charge in [0, 0.05) is 23.3 Å². The minimum atomic E-state index is -2.77. The van der Waals surface area contributed by atoms with Crippen LogP contribution in [-0.2, 0) is 14.4 Å². The number of fused-ring (bicyclic) bond motifs is 3. The molecule has 3 aliphatic rings. The van der Waals surface area contributed by atoms with Gasteiger partial charge in [0.25, 0.3) is 5.91 Å². The first kappa shape index (κ1) is 24.7. The average molecular weight is 509 g/mol. The molecule has 9 nitrogen and oxygen atoms in total. The number of phenolic OH excluding ortho intramolecular Hbond substituents is 1. The zero-order valence-corrected chi connectivity index (χ0v) is 20.0. The third-order valence-electron chi connectivity index (χ3n) is 7.85. The van der Waals surface area contributed by atoms with Gasteiger partial charge in [-0.1, -0.05) is 30.3 Å². The zero-order valence-electron chi connectivity index (χ0n) is 20.0. The minimum absolute atomic E-state index is 0.105. The van der Waals surface area contributed by atoms with Gasteiger partial charge in [-0.05, 0) is 43.8 Å². The quantitative estimate of drug-likeness (QED) is 0.392. The van der Waals surface area contributed by atoms with E-state index in [9.17, 15) is 34.8 Å². The molecule has 5 rings (SSSR count). The Morgan fingerprint density at radius 1 is 1.05 bits per heavy atom. The molecule has 0 heterocycles. The molecule has 2 aromatic carbocycles. The second-order valence-corrected chi connectivity index (χ2v) is 9.91. The number of ketones is 2. The lowest BCUT2D eigenvalue weighted by Gasteiger charge is -2.51. The number of benzene rings is 2. The Morgan fingerprint density at radius 2 is 1.70 bits per heavy atom. The van der Waals surface area contributed by atoms with E-state index in [1.54, 1.807) is 12.1 Å². The molecule has 0 saturated heterocycles. The van der Waals surface area contributed by atoms with Crippen molar-refractivity contribution in [3.8, 4) is 5.75 Å². The van der Waals surface area contributed by atoms with Crippen molar-refractivity contribution in [3.05, 3.63) is 81.9 Å². The molecule has 0 aromatic heterocycles. The molecule has 2 aromatic rings. The molecule has 0 unspecified atom stereocenters. The summed E-state index contributed by atoms with van der Waals surface area (Å²) in [7, 11) is 3.03. The minimum Gasteiger partial charge on any atom is -0.508 e. The molecule has 0 aliphatic heterocycles. The molecule has 3 aliphatic carbocycles. The van der Waals surface area contributed by atoms with Crippen LogP contribution in [0.1, 0.15) is 29.0 Å². The fourth-order valence-corrected chi connectivity index (χ4v) is 6.34. The summed E-state index contributed by atoms with van der Waals surface area (Å²) in [5, 5.41) is 44.6. The highest BCUT2D eigenvalue weighted by Gasteiger charge is 2.65. The Morgan fingerprint density at radius 3 is 2.32 bits per heavy atom. The summed E-state index contributed by atoms with van der Waals surface area (Å²) in [6.07, 6.45) is -0.152. The van der Waals surface area contributed by atoms with Gasteiger partial charge in [-0.3, -0.25) is 19.3 Å². The van der Waals surface area contributed by atoms with Crippen molar-refractivity contribution in [2.45, 2.75) is 24.0 Å². The molecule has 1 saturated carbocycles. The van der Waals surface area contributed by atoms with E-state index in [1.807, 2.05) is 0 Å². The average Bonchev–Trinajstić information content (AvgIpc) is 2.82. The molecular formula is C27H25FN2O7. The SMILES string of the molecule is CN(C)[C@@H]1C(=O)C(C(N)=O)=C(O)[C@@]2(O)C(=O)C3=C(O)c4c(O)cccc4[C@H](c4ccccc4F)[C@H]3C[C@@H]12. The maximum atomic E-state index is 15.2. The van der Waals surface area contributed by atoms with Crippen molar-refractivity contribution in [1.29, 1.82) is 0 Å². The van der Waals surface area contributed by atoms with E-state index in [0.29, 0.717) is 5.56 Å². The van der Waals surface area contributed by atoms with Crippen LogP contribution in [0.15, 0.2) is 59.4 Å². The second kappa shape index (κ2) is 8.25. The number of amides is 1. The van der Waals surface area contributed by atoms with Gasteiger partial charge in [-0.25, -0.2) is 4.39 Å². The number of halogens is 1. The van der Waals surface area contributed by atoms with E-state index in [2.05, 4.69) is 0 Å². The van der Waals surface area contributed by atoms with E-state index in [0.717, 1.165) is 0 Å². The van der Waals surface area contributed by atoms with Gasteiger partial charge in [0.1, 0.15) is 28.7 Å². The molecule has 1 amide bonds. The van der Waals surface area contributed by atoms with Crippen molar-refractivity contribution in [2.75, 3.05) is 14.1 Å². The molecule has 0 spiro atoms. The van der Waals surface area contributed by atoms with E-state index in [-0.39, 0.29) is 28.9 Å². The van der Waals surface area contributed by atoms with Crippen molar-refractivity contribution < 1.29 is 39.2 Å². The van der Waals surface area contributed by atoms with Crippen LogP contribution in [0.25, 0.3) is 5.76 Å². The van der Waals surface area contributed by atoms with Gasteiger partial charge in [0.05, 0.1) is 11.6 Å². The molecule has 1 fully saturated rings. The predicted molar refractivity (Wildman–Crippen MR) is 129 cm³/mol. The fourth-order valence-electron chi connectivity index (χ4n) is 6.34. The third kappa shape index (κ3) is 3.19. The maximum Gasteiger partial charge on any atom is 0.255 e. The van der Waals surface area contributed by atoms with Crippen molar-refractivity contribution in [2.24, 2.45) is 17.6 Å². The molecular weight excluding hydrogens is 483 g/mol. The number of phenols is 1. The summed E-state index contributed by atoms with van der Waals surface area (Å²) in [5.41, 5.74) is 1.77. The van der Waals surface area contributed by atoms with Crippen LogP contribution in [0.4, 0.5) is 4.39 Å². The highest BCUT2D eigenvalue weighted by Crippen LogP contribution is 2.57. The van der Waals surface area contributed by atoms with Crippen molar-refractivity contribution in [1.82, 2.24) is 4.90 Å². The lowest BCUT2D eigenvalue weighted by Crippen LogP contribution is -2.66. The number of aromatic hydroxyl groups is 1. The molecule has 5 atom stereocenters. The number of aliphatic hydroxyl groups excluding tert-OH is 2. The number of nitrogens with zero attached hydrogens (tertiary/aromatic N) is 1. The number of hydrogen-bond acceptors (Lipinski definition) is 8. The summed E-state index contributed by atoms with van der Waals surface area (Å²) in [6, 6.07) is 9.07. The zero-order chi connectivity index (χ0) is 27.0. The number of carbonyl (C=O) groups excluding carboxylic acids is 3. The van der Waals surface area contributed by atoms with Crippen LogP contribution in [-0.4, -0.2) is 68.5 Å². The van der Waals surface area contributed by atoms with Crippen molar-refractivity contribution in [3.63, 3.8) is 0 Å². The Hall–Kier alpha value is -4.02. The monoisotopic (exact) mass is 508 g/mol. The summed E-state index contributed by atoms with van der Waals surface area (Å²) in [4.78, 5) is 40.8. The van der Waals surface area contributed by atoms with Crippen LogP contribution in [0.5, 0.6) is 5.75 Å². The highest BCUT2D eigenvalue weighted by atomic mass is 19.1. The highest BCUT2D eigenvalue weighted by molar-refractivity contribution is 6.24. The maximum absolute atomic E-state index is 15.2. The first-order valence-electron chi connectivity index (χ1n) is 11.6. The third-order valence-corrected chi connectivity index (χ3v) is 7.85. The molecule has 0 bridgehead atoms. The van der Waals surface area contributed by atoms with Gasteiger partial charge in [-0.2, -0.15) is 0 Å². The summed E-state index contributed by atoms with van der Waals surface area (Å²) in [5.74, 6) is -9.18. The number of Topliss-reactive ketones (excluding diaryl/α,β-unsaturated/α-hetero) is 2. The Kier molecular flexibility index (Phi) is 5.50. The number of primary amides is 1. The topological polar surface area (TPSA) is 161 Å². The summed E-state index contributed by atoms with van der Waals surface area (Å²) in [6.45, 7) is 0. The summed E-state index contributed by atoms with van der Waals surface area (Å²) >= 11 is 0. The molecule has 192 valence electrons. The van der Waals surface area contributed by atoms with Gasteiger partial charge in [-0.15, -0.1) is 0 Å². The smallest absolute Gasteiger partial charge is 0.255 e. The largest absolute Gasteiger partial charge is 0.508 e. The van der Waals surface area contributed by atoms with Crippen molar-refractivity contribution >= 4 is 23.2 Å². The van der Waals surface area contributed by atoms with E-state index in [4.69, 9.17) is 5.73 Å². The lowest BCUT2D eigenvalue weighted by molar-refractivity contribution is -0.154. The molecule has 6 N–H and O–H groups in total. The van der Waals surface area contributed by atoms with Crippen LogP contribution < -0.4 is 5.73 Å². The van der Waals surface area contributed by atoms with Crippen LogP contribution >= 0.6 is 0 Å². The van der Waals surface area contributed by atoms with Gasteiger partial charge in [0.15, 0.2) is 11.4 Å².